The summed E-state index contributed by atoms with van der Waals surface area (Å²) in [5.74, 6) is 0.177. The van der Waals surface area contributed by atoms with E-state index in [1.54, 1.807) is 12.1 Å². The maximum absolute atomic E-state index is 13.7. The van der Waals surface area contributed by atoms with Crippen LogP contribution in [0.25, 0.3) is 0 Å². The van der Waals surface area contributed by atoms with E-state index in [2.05, 4.69) is 33.1 Å². The van der Waals surface area contributed by atoms with Crippen LogP contribution in [0.2, 0.25) is 0 Å². The zero-order valence-electron chi connectivity index (χ0n) is 11.7. The van der Waals surface area contributed by atoms with Crippen molar-refractivity contribution in [1.82, 2.24) is 4.90 Å². The Bertz CT molecular complexity index is 477. The van der Waals surface area contributed by atoms with E-state index < -0.39 is 5.82 Å². The van der Waals surface area contributed by atoms with Crippen molar-refractivity contribution < 1.29 is 9.18 Å². The van der Waals surface area contributed by atoms with Gasteiger partial charge in [0.15, 0.2) is 0 Å². The summed E-state index contributed by atoms with van der Waals surface area (Å²) in [5.41, 5.74) is 0.237. The topological polar surface area (TPSA) is 32.3 Å². The molecule has 1 fully saturated rings. The summed E-state index contributed by atoms with van der Waals surface area (Å²) >= 11 is 3.20. The fraction of sp³-hybridized carbons (Fsp3) is 0.533. The van der Waals surface area contributed by atoms with E-state index in [0.29, 0.717) is 11.0 Å². The molecule has 1 aromatic rings. The van der Waals surface area contributed by atoms with E-state index in [4.69, 9.17) is 0 Å². The second-order valence-electron chi connectivity index (χ2n) is 5.35. The first-order valence-electron chi connectivity index (χ1n) is 7.05. The van der Waals surface area contributed by atoms with Gasteiger partial charge in [0.1, 0.15) is 5.82 Å². The van der Waals surface area contributed by atoms with Gasteiger partial charge in [-0.25, -0.2) is 4.39 Å². The third kappa shape index (κ3) is 4.87. The Morgan fingerprint density at radius 2 is 2.25 bits per heavy atom. The minimum absolute atomic E-state index is 0.152. The number of nitrogens with one attached hydrogen (secondary N) is 1. The highest BCUT2D eigenvalue weighted by molar-refractivity contribution is 9.10. The third-order valence-corrected chi connectivity index (χ3v) is 3.82. The number of benzene rings is 1. The van der Waals surface area contributed by atoms with Gasteiger partial charge in [-0.15, -0.1) is 0 Å². The molecule has 3 nitrogen and oxygen atoms in total. The largest absolute Gasteiger partial charge is 0.322 e. The molecule has 1 aromatic carbocycles. The summed E-state index contributed by atoms with van der Waals surface area (Å²) in [6, 6.07) is 4.64. The lowest BCUT2D eigenvalue weighted by molar-refractivity contribution is -0.117. The third-order valence-electron chi connectivity index (χ3n) is 3.33. The Balaban J connectivity index is 1.89. The molecule has 0 saturated heterocycles. The molecular weight excluding hydrogens is 323 g/mol. The minimum atomic E-state index is -0.419. The number of hydrogen-bond donors (Lipinski definition) is 1. The molecule has 1 amide bonds. The molecule has 0 spiro atoms. The summed E-state index contributed by atoms with van der Waals surface area (Å²) in [6.07, 6.45) is 3.55. The molecule has 0 radical (unpaired) electrons. The highest BCUT2D eigenvalue weighted by Gasteiger charge is 2.25. The van der Waals surface area contributed by atoms with Crippen LogP contribution >= 0.6 is 15.9 Å². The van der Waals surface area contributed by atoms with Crippen LogP contribution in [0.5, 0.6) is 0 Å². The number of rotatable bonds is 7. The van der Waals surface area contributed by atoms with Gasteiger partial charge in [-0.1, -0.05) is 22.9 Å². The predicted octanol–water partition coefficient (Wildman–Crippen LogP) is 3.65. The summed E-state index contributed by atoms with van der Waals surface area (Å²) in [4.78, 5) is 14.2. The van der Waals surface area contributed by atoms with E-state index in [9.17, 15) is 9.18 Å². The molecular formula is C15H20BrFN2O. The standard InChI is InChI=1S/C15H20BrFN2O/c1-2-7-19(9-11-3-4-11)10-15(20)18-14-6-5-12(16)8-13(14)17/h5-6,8,11H,2-4,7,9-10H2,1H3,(H,18,20). The summed E-state index contributed by atoms with van der Waals surface area (Å²) in [6.45, 7) is 4.32. The molecule has 110 valence electrons. The Morgan fingerprint density at radius 1 is 1.50 bits per heavy atom. The van der Waals surface area contributed by atoms with Crippen molar-refractivity contribution >= 4 is 27.5 Å². The zero-order valence-corrected chi connectivity index (χ0v) is 13.2. The number of anilines is 1. The lowest BCUT2D eigenvalue weighted by Gasteiger charge is -2.20. The van der Waals surface area contributed by atoms with Crippen LogP contribution in [0.15, 0.2) is 22.7 Å². The number of nitrogens with zero attached hydrogens (tertiary/aromatic N) is 1. The fourth-order valence-corrected chi connectivity index (χ4v) is 2.53. The summed E-state index contributed by atoms with van der Waals surface area (Å²) in [5, 5.41) is 2.64. The van der Waals surface area contributed by atoms with Gasteiger partial charge in [-0.2, -0.15) is 0 Å². The lowest BCUT2D eigenvalue weighted by Crippen LogP contribution is -2.35. The first-order chi connectivity index (χ1) is 9.58. The van der Waals surface area contributed by atoms with Gasteiger partial charge >= 0.3 is 0 Å². The summed E-state index contributed by atoms with van der Waals surface area (Å²) in [7, 11) is 0. The van der Waals surface area contributed by atoms with Crippen LogP contribution in [-0.2, 0) is 4.79 Å². The van der Waals surface area contributed by atoms with Crippen LogP contribution < -0.4 is 5.32 Å². The molecule has 5 heteroatoms. The SMILES string of the molecule is CCCN(CC(=O)Nc1ccc(Br)cc1F)CC1CC1. The molecule has 0 aliphatic heterocycles. The summed E-state index contributed by atoms with van der Waals surface area (Å²) < 4.78 is 14.3. The van der Waals surface area contributed by atoms with Gasteiger partial charge in [0.2, 0.25) is 5.91 Å². The maximum atomic E-state index is 13.7. The molecule has 1 aliphatic carbocycles. The normalized spacial score (nSPS) is 14.6. The van der Waals surface area contributed by atoms with Crippen LogP contribution in [0.3, 0.4) is 0 Å². The van der Waals surface area contributed by atoms with Gasteiger partial charge in [0, 0.05) is 11.0 Å². The van der Waals surface area contributed by atoms with E-state index in [-0.39, 0.29) is 11.6 Å². The van der Waals surface area contributed by atoms with Gasteiger partial charge in [-0.3, -0.25) is 9.69 Å². The van der Waals surface area contributed by atoms with Crippen molar-refractivity contribution in [2.24, 2.45) is 5.92 Å². The van der Waals surface area contributed by atoms with Gasteiger partial charge in [0.25, 0.3) is 0 Å². The first-order valence-corrected chi connectivity index (χ1v) is 7.85. The monoisotopic (exact) mass is 342 g/mol. The number of halogens is 2. The van der Waals surface area contributed by atoms with Crippen molar-refractivity contribution in [3.8, 4) is 0 Å². The molecule has 2 rings (SSSR count). The highest BCUT2D eigenvalue weighted by atomic mass is 79.9. The van der Waals surface area contributed by atoms with E-state index in [0.717, 1.165) is 25.4 Å². The second-order valence-corrected chi connectivity index (χ2v) is 6.27. The first kappa shape index (κ1) is 15.4. The lowest BCUT2D eigenvalue weighted by atomic mass is 10.3. The van der Waals surface area contributed by atoms with Crippen LogP contribution in [0, 0.1) is 11.7 Å². The average Bonchev–Trinajstić information content (AvgIpc) is 3.17. The zero-order chi connectivity index (χ0) is 14.5. The smallest absolute Gasteiger partial charge is 0.238 e. The maximum Gasteiger partial charge on any atom is 0.238 e. The van der Waals surface area contributed by atoms with Gasteiger partial charge in [-0.05, 0) is 49.9 Å². The van der Waals surface area contributed by atoms with Crippen LogP contribution in [0.1, 0.15) is 26.2 Å². The Morgan fingerprint density at radius 3 is 2.85 bits per heavy atom. The molecule has 0 unspecified atom stereocenters. The second kappa shape index (κ2) is 7.18. The van der Waals surface area contributed by atoms with Crippen molar-refractivity contribution in [3.63, 3.8) is 0 Å². The van der Waals surface area contributed by atoms with Crippen molar-refractivity contribution in [2.45, 2.75) is 26.2 Å². The average molecular weight is 343 g/mol. The highest BCUT2D eigenvalue weighted by Crippen LogP contribution is 2.29. The van der Waals surface area contributed by atoms with Gasteiger partial charge < -0.3 is 5.32 Å². The molecule has 1 aliphatic rings. The quantitative estimate of drug-likeness (QED) is 0.820. The number of carbonyl (C=O) groups excluding carboxylic acids is 1. The van der Waals surface area contributed by atoms with Crippen LogP contribution in [-0.4, -0.2) is 30.4 Å². The number of carbonyl (C=O) groups is 1. The molecule has 0 heterocycles. The van der Waals surface area contributed by atoms with E-state index in [1.165, 1.54) is 18.9 Å². The molecule has 20 heavy (non-hydrogen) atoms. The minimum Gasteiger partial charge on any atom is -0.322 e. The molecule has 0 aromatic heterocycles. The Labute approximate surface area is 127 Å². The Hall–Kier alpha value is -0.940. The molecule has 0 bridgehead atoms. The Kier molecular flexibility index (Phi) is 5.54. The van der Waals surface area contributed by atoms with E-state index in [1.807, 2.05) is 0 Å². The predicted molar refractivity (Wildman–Crippen MR) is 82.2 cm³/mol. The van der Waals surface area contributed by atoms with E-state index >= 15 is 0 Å². The molecule has 1 saturated carbocycles. The number of amides is 1. The fourth-order valence-electron chi connectivity index (χ4n) is 2.20. The molecule has 1 N–H and O–H groups in total. The van der Waals surface area contributed by atoms with Gasteiger partial charge in [0.05, 0.1) is 12.2 Å². The number of hydrogen-bond acceptors (Lipinski definition) is 2. The van der Waals surface area contributed by atoms with Crippen molar-refractivity contribution in [2.75, 3.05) is 25.0 Å². The molecule has 0 atom stereocenters. The van der Waals surface area contributed by atoms with Crippen molar-refractivity contribution in [3.05, 3.63) is 28.5 Å². The van der Waals surface area contributed by atoms with Crippen LogP contribution in [0.4, 0.5) is 10.1 Å². The van der Waals surface area contributed by atoms with Crippen molar-refractivity contribution in [1.29, 1.82) is 0 Å².